The van der Waals surface area contributed by atoms with Gasteiger partial charge in [-0.25, -0.2) is 8.78 Å². The molecule has 0 saturated heterocycles. The molecule has 1 saturated carbocycles. The molecule has 6 heteroatoms. The fourth-order valence-electron chi connectivity index (χ4n) is 1.64. The van der Waals surface area contributed by atoms with Crippen LogP contribution in [0.5, 0.6) is 0 Å². The molecule has 0 unspecified atom stereocenters. The Morgan fingerprint density at radius 3 is 2.44 bits per heavy atom. The summed E-state index contributed by atoms with van der Waals surface area (Å²) in [7, 11) is 0. The minimum atomic E-state index is -1.20. The molecule has 2 rings (SSSR count). The highest BCUT2D eigenvalue weighted by Gasteiger charge is 2.35. The fourth-order valence-corrected chi connectivity index (χ4v) is 1.64. The number of rotatable bonds is 4. The smallest absolute Gasteiger partial charge is 0.323 e. The van der Waals surface area contributed by atoms with Gasteiger partial charge >= 0.3 is 5.97 Å². The van der Waals surface area contributed by atoms with Crippen molar-refractivity contribution in [3.8, 4) is 0 Å². The van der Waals surface area contributed by atoms with Gasteiger partial charge in [0.2, 0.25) is 5.91 Å². The van der Waals surface area contributed by atoms with Crippen molar-refractivity contribution in [2.45, 2.75) is 12.8 Å². The molecule has 18 heavy (non-hydrogen) atoms. The Balaban J connectivity index is 2.29. The number of benzene rings is 1. The van der Waals surface area contributed by atoms with E-state index in [0.717, 1.165) is 17.0 Å². The zero-order valence-corrected chi connectivity index (χ0v) is 9.40. The first-order valence-electron chi connectivity index (χ1n) is 5.47. The van der Waals surface area contributed by atoms with E-state index in [9.17, 15) is 18.4 Å². The molecule has 0 atom stereocenters. The highest BCUT2D eigenvalue weighted by Crippen LogP contribution is 2.33. The van der Waals surface area contributed by atoms with Gasteiger partial charge in [0.15, 0.2) is 11.6 Å². The van der Waals surface area contributed by atoms with E-state index in [-0.39, 0.29) is 17.5 Å². The molecule has 1 aliphatic carbocycles. The first-order valence-corrected chi connectivity index (χ1v) is 5.47. The number of carboxylic acid groups (broad SMARTS) is 1. The summed E-state index contributed by atoms with van der Waals surface area (Å²) in [5.74, 6) is -3.89. The molecule has 1 aliphatic rings. The van der Waals surface area contributed by atoms with Crippen molar-refractivity contribution in [1.29, 1.82) is 0 Å². The summed E-state index contributed by atoms with van der Waals surface area (Å²) >= 11 is 0. The predicted octanol–water partition coefficient (Wildman–Crippen LogP) is 1.79. The number of hydrogen-bond acceptors (Lipinski definition) is 2. The number of carboxylic acids is 1. The molecular weight excluding hydrogens is 244 g/mol. The predicted molar refractivity (Wildman–Crippen MR) is 59.1 cm³/mol. The summed E-state index contributed by atoms with van der Waals surface area (Å²) < 4.78 is 25.9. The van der Waals surface area contributed by atoms with E-state index in [0.29, 0.717) is 12.8 Å². The van der Waals surface area contributed by atoms with E-state index in [1.54, 1.807) is 0 Å². The number of carbonyl (C=O) groups excluding carboxylic acids is 1. The van der Waals surface area contributed by atoms with Crippen LogP contribution in [0.2, 0.25) is 0 Å². The topological polar surface area (TPSA) is 57.6 Å². The first-order chi connectivity index (χ1) is 8.49. The van der Waals surface area contributed by atoms with Gasteiger partial charge in [-0.05, 0) is 25.0 Å². The maximum absolute atomic E-state index is 13.1. The average molecular weight is 255 g/mol. The van der Waals surface area contributed by atoms with Crippen LogP contribution in [0.3, 0.4) is 0 Å². The van der Waals surface area contributed by atoms with Crippen LogP contribution in [0.15, 0.2) is 18.2 Å². The van der Waals surface area contributed by atoms with E-state index in [2.05, 4.69) is 0 Å². The Labute approximate surface area is 102 Å². The van der Waals surface area contributed by atoms with Crippen molar-refractivity contribution in [2.75, 3.05) is 11.4 Å². The van der Waals surface area contributed by atoms with Gasteiger partial charge in [-0.3, -0.25) is 9.59 Å². The molecule has 1 fully saturated rings. The molecule has 0 bridgehead atoms. The molecular formula is C12H11F2NO3. The third-order valence-corrected chi connectivity index (χ3v) is 2.70. The van der Waals surface area contributed by atoms with E-state index in [1.807, 2.05) is 0 Å². The minimum Gasteiger partial charge on any atom is -0.480 e. The van der Waals surface area contributed by atoms with Gasteiger partial charge in [-0.2, -0.15) is 0 Å². The molecule has 1 amide bonds. The van der Waals surface area contributed by atoms with E-state index in [4.69, 9.17) is 5.11 Å². The van der Waals surface area contributed by atoms with Crippen molar-refractivity contribution in [1.82, 2.24) is 0 Å². The summed E-state index contributed by atoms with van der Waals surface area (Å²) in [6, 6.07) is 2.90. The molecule has 0 spiro atoms. The molecule has 0 aromatic heterocycles. The van der Waals surface area contributed by atoms with Crippen LogP contribution in [0, 0.1) is 17.6 Å². The van der Waals surface area contributed by atoms with Crippen molar-refractivity contribution in [3.05, 3.63) is 29.8 Å². The second-order valence-corrected chi connectivity index (χ2v) is 4.19. The number of amides is 1. The van der Waals surface area contributed by atoms with Crippen LogP contribution < -0.4 is 4.90 Å². The molecule has 4 nitrogen and oxygen atoms in total. The van der Waals surface area contributed by atoms with E-state index < -0.39 is 24.1 Å². The highest BCUT2D eigenvalue weighted by molar-refractivity contribution is 5.99. The van der Waals surface area contributed by atoms with Gasteiger partial charge in [-0.15, -0.1) is 0 Å². The maximum atomic E-state index is 13.1. The Hall–Kier alpha value is -1.98. The zero-order chi connectivity index (χ0) is 13.3. The molecule has 1 aromatic carbocycles. The standard InChI is InChI=1S/C12H11F2NO3/c13-9-4-3-8(5-10(9)14)15(6-11(16)17)12(18)7-1-2-7/h3-5,7H,1-2,6H2,(H,16,17). The molecule has 0 heterocycles. The van der Waals surface area contributed by atoms with Crippen LogP contribution in [-0.4, -0.2) is 23.5 Å². The lowest BCUT2D eigenvalue weighted by Gasteiger charge is -2.20. The van der Waals surface area contributed by atoms with Crippen LogP contribution >= 0.6 is 0 Å². The average Bonchev–Trinajstić information content (AvgIpc) is 3.12. The van der Waals surface area contributed by atoms with Crippen molar-refractivity contribution < 1.29 is 23.5 Å². The van der Waals surface area contributed by atoms with Crippen LogP contribution in [-0.2, 0) is 9.59 Å². The Morgan fingerprint density at radius 1 is 1.28 bits per heavy atom. The van der Waals surface area contributed by atoms with E-state index >= 15 is 0 Å². The molecule has 96 valence electrons. The Bertz CT molecular complexity index is 500. The zero-order valence-electron chi connectivity index (χ0n) is 9.40. The van der Waals surface area contributed by atoms with Gasteiger partial charge in [0.05, 0.1) is 0 Å². The summed E-state index contributed by atoms with van der Waals surface area (Å²) in [5.41, 5.74) is 0.0631. The van der Waals surface area contributed by atoms with Crippen LogP contribution in [0.25, 0.3) is 0 Å². The summed E-state index contributed by atoms with van der Waals surface area (Å²) in [6.45, 7) is -0.555. The third-order valence-electron chi connectivity index (χ3n) is 2.70. The lowest BCUT2D eigenvalue weighted by Crippen LogP contribution is -2.36. The highest BCUT2D eigenvalue weighted by atomic mass is 19.2. The summed E-state index contributed by atoms with van der Waals surface area (Å²) in [6.07, 6.45) is 1.41. The fraction of sp³-hybridized carbons (Fsp3) is 0.333. The Morgan fingerprint density at radius 2 is 1.94 bits per heavy atom. The Kier molecular flexibility index (Phi) is 3.27. The van der Waals surface area contributed by atoms with Crippen molar-refractivity contribution >= 4 is 17.6 Å². The van der Waals surface area contributed by atoms with Gasteiger partial charge in [0.1, 0.15) is 6.54 Å². The van der Waals surface area contributed by atoms with Crippen molar-refractivity contribution in [2.24, 2.45) is 5.92 Å². The SMILES string of the molecule is O=C(O)CN(C(=O)C1CC1)c1ccc(F)c(F)c1. The number of halogens is 2. The number of hydrogen-bond donors (Lipinski definition) is 1. The first kappa shape index (κ1) is 12.5. The minimum absolute atomic E-state index is 0.0631. The van der Waals surface area contributed by atoms with Crippen LogP contribution in [0.1, 0.15) is 12.8 Å². The monoisotopic (exact) mass is 255 g/mol. The van der Waals surface area contributed by atoms with E-state index in [1.165, 1.54) is 6.07 Å². The normalized spacial score (nSPS) is 14.3. The van der Waals surface area contributed by atoms with Gasteiger partial charge in [-0.1, -0.05) is 0 Å². The third kappa shape index (κ3) is 2.64. The number of aliphatic carboxylic acids is 1. The molecule has 1 aromatic rings. The van der Waals surface area contributed by atoms with Gasteiger partial charge in [0, 0.05) is 17.7 Å². The summed E-state index contributed by atoms with van der Waals surface area (Å²) in [5, 5.41) is 8.76. The number of nitrogens with zero attached hydrogens (tertiary/aromatic N) is 1. The van der Waals surface area contributed by atoms with Crippen LogP contribution in [0.4, 0.5) is 14.5 Å². The van der Waals surface area contributed by atoms with Crippen molar-refractivity contribution in [3.63, 3.8) is 0 Å². The molecule has 1 N–H and O–H groups in total. The van der Waals surface area contributed by atoms with Gasteiger partial charge < -0.3 is 10.0 Å². The van der Waals surface area contributed by atoms with Gasteiger partial charge in [0.25, 0.3) is 0 Å². The maximum Gasteiger partial charge on any atom is 0.323 e. The number of carbonyl (C=O) groups is 2. The number of anilines is 1. The summed E-state index contributed by atoms with van der Waals surface area (Å²) in [4.78, 5) is 23.6. The second-order valence-electron chi connectivity index (χ2n) is 4.19. The lowest BCUT2D eigenvalue weighted by atomic mass is 10.2. The quantitative estimate of drug-likeness (QED) is 0.892. The lowest BCUT2D eigenvalue weighted by molar-refractivity contribution is -0.136. The largest absolute Gasteiger partial charge is 0.480 e. The molecule has 0 aliphatic heterocycles. The second kappa shape index (κ2) is 4.72. The molecule has 0 radical (unpaired) electrons.